The molecule has 1 aliphatic heterocycles. The number of hydrogen-bond donors (Lipinski definition) is 2. The number of hydrogen-bond acceptors (Lipinski definition) is 4. The van der Waals surface area contributed by atoms with Crippen molar-refractivity contribution in [3.8, 4) is 11.3 Å². The second-order valence-corrected chi connectivity index (χ2v) is 7.79. The summed E-state index contributed by atoms with van der Waals surface area (Å²) in [6, 6.07) is 10.3. The van der Waals surface area contributed by atoms with Crippen LogP contribution in [0.5, 0.6) is 0 Å². The van der Waals surface area contributed by atoms with Crippen LogP contribution in [0.2, 0.25) is 0 Å². The molecule has 166 valence electrons. The lowest BCUT2D eigenvalue weighted by Gasteiger charge is -2.32. The van der Waals surface area contributed by atoms with Crippen molar-refractivity contribution >= 4 is 29.9 Å². The van der Waals surface area contributed by atoms with Crippen LogP contribution < -0.4 is 5.32 Å². The summed E-state index contributed by atoms with van der Waals surface area (Å²) < 4.78 is 0. The molecule has 2 heterocycles. The minimum absolute atomic E-state index is 0. The largest absolute Gasteiger partial charge is 0.356 e. The van der Waals surface area contributed by atoms with Crippen LogP contribution >= 0.6 is 24.0 Å². The van der Waals surface area contributed by atoms with E-state index in [1.165, 1.54) is 39.1 Å². The number of aromatic amines is 1. The van der Waals surface area contributed by atoms with Crippen LogP contribution in [0.15, 0.2) is 41.5 Å². The van der Waals surface area contributed by atoms with Crippen molar-refractivity contribution in [3.63, 3.8) is 0 Å². The van der Waals surface area contributed by atoms with Gasteiger partial charge in [-0.1, -0.05) is 30.3 Å². The number of piperazine rings is 1. The number of benzene rings is 1. The summed E-state index contributed by atoms with van der Waals surface area (Å²) in [5, 5.41) is 3.48. The van der Waals surface area contributed by atoms with E-state index in [0.29, 0.717) is 6.54 Å². The number of imidazole rings is 1. The normalized spacial score (nSPS) is 15.6. The molecule has 0 saturated carbocycles. The van der Waals surface area contributed by atoms with Crippen LogP contribution in [0.1, 0.15) is 18.7 Å². The van der Waals surface area contributed by atoms with Crippen molar-refractivity contribution in [1.29, 1.82) is 0 Å². The first-order valence-electron chi connectivity index (χ1n) is 10.6. The predicted octanol–water partition coefficient (Wildman–Crippen LogP) is 2.73. The fraction of sp³-hybridized carbons (Fsp3) is 0.545. The number of aliphatic imine (C=N–C) groups is 1. The lowest BCUT2D eigenvalue weighted by atomic mass is 10.2. The molecular weight excluding hydrogens is 489 g/mol. The number of likely N-dealkylation sites (N-methyl/N-ethyl adjacent to an activating group) is 1. The van der Waals surface area contributed by atoms with Crippen LogP contribution in [0.4, 0.5) is 0 Å². The Morgan fingerprint density at radius 2 is 1.90 bits per heavy atom. The van der Waals surface area contributed by atoms with E-state index in [1.807, 2.05) is 38.5 Å². The molecule has 1 aromatic heterocycles. The predicted molar refractivity (Wildman–Crippen MR) is 135 cm³/mol. The second kappa shape index (κ2) is 12.9. The van der Waals surface area contributed by atoms with E-state index >= 15 is 0 Å². The molecule has 1 aliphatic rings. The molecule has 8 heteroatoms. The highest BCUT2D eigenvalue weighted by Crippen LogP contribution is 2.16. The van der Waals surface area contributed by atoms with E-state index in [1.54, 1.807) is 0 Å². The third-order valence-corrected chi connectivity index (χ3v) is 5.45. The minimum atomic E-state index is 0. The number of H-pyrrole nitrogens is 1. The fourth-order valence-electron chi connectivity index (χ4n) is 3.62. The van der Waals surface area contributed by atoms with Gasteiger partial charge >= 0.3 is 0 Å². The molecule has 0 radical (unpaired) electrons. The van der Waals surface area contributed by atoms with E-state index < -0.39 is 0 Å². The summed E-state index contributed by atoms with van der Waals surface area (Å²) in [5.74, 6) is 1.84. The maximum Gasteiger partial charge on any atom is 0.193 e. The van der Waals surface area contributed by atoms with Crippen LogP contribution in [-0.4, -0.2) is 91.0 Å². The van der Waals surface area contributed by atoms with Crippen molar-refractivity contribution in [2.75, 3.05) is 60.4 Å². The van der Waals surface area contributed by atoms with Crippen LogP contribution in [0.25, 0.3) is 11.3 Å². The SMILES string of the molecule is CN=C(NCCCCN1CCN(C)CC1)N(C)Cc1ncc(-c2ccccc2)[nH]1.I. The molecule has 0 aliphatic carbocycles. The summed E-state index contributed by atoms with van der Waals surface area (Å²) in [4.78, 5) is 19.4. The molecule has 1 fully saturated rings. The quantitative estimate of drug-likeness (QED) is 0.240. The number of nitrogens with one attached hydrogen (secondary N) is 2. The van der Waals surface area contributed by atoms with Crippen molar-refractivity contribution in [2.45, 2.75) is 19.4 Å². The Hall–Kier alpha value is -1.65. The van der Waals surface area contributed by atoms with Gasteiger partial charge in [0.05, 0.1) is 18.4 Å². The average Bonchev–Trinajstić information content (AvgIpc) is 3.21. The summed E-state index contributed by atoms with van der Waals surface area (Å²) in [7, 11) is 6.08. The van der Waals surface area contributed by atoms with E-state index in [2.05, 4.69) is 54.2 Å². The van der Waals surface area contributed by atoms with Gasteiger partial charge in [-0.25, -0.2) is 4.98 Å². The molecule has 0 spiro atoms. The highest BCUT2D eigenvalue weighted by atomic mass is 127. The van der Waals surface area contributed by atoms with Crippen molar-refractivity contribution in [1.82, 2.24) is 30.0 Å². The van der Waals surface area contributed by atoms with Gasteiger partial charge < -0.3 is 25.0 Å². The van der Waals surface area contributed by atoms with Gasteiger partial charge in [0.1, 0.15) is 5.82 Å². The smallest absolute Gasteiger partial charge is 0.193 e. The van der Waals surface area contributed by atoms with Gasteiger partial charge in [-0.05, 0) is 32.0 Å². The number of guanidine groups is 1. The lowest BCUT2D eigenvalue weighted by molar-refractivity contribution is 0.152. The molecule has 0 amide bonds. The van der Waals surface area contributed by atoms with Gasteiger partial charge in [-0.2, -0.15) is 0 Å². The Kier molecular flexibility index (Phi) is 10.6. The Morgan fingerprint density at radius 1 is 1.17 bits per heavy atom. The van der Waals surface area contributed by atoms with Crippen molar-refractivity contribution in [3.05, 3.63) is 42.4 Å². The van der Waals surface area contributed by atoms with Crippen molar-refractivity contribution in [2.24, 2.45) is 4.99 Å². The average molecular weight is 525 g/mol. The summed E-state index contributed by atoms with van der Waals surface area (Å²) in [5.41, 5.74) is 2.19. The van der Waals surface area contributed by atoms with Gasteiger partial charge in [0.25, 0.3) is 0 Å². The van der Waals surface area contributed by atoms with E-state index in [-0.39, 0.29) is 24.0 Å². The van der Waals surface area contributed by atoms with E-state index in [9.17, 15) is 0 Å². The van der Waals surface area contributed by atoms with Gasteiger partial charge in [0, 0.05) is 46.8 Å². The first kappa shape index (κ1) is 24.6. The van der Waals surface area contributed by atoms with E-state index in [0.717, 1.165) is 36.0 Å². The number of nitrogens with zero attached hydrogens (tertiary/aromatic N) is 5. The van der Waals surface area contributed by atoms with Crippen molar-refractivity contribution < 1.29 is 0 Å². The third-order valence-electron chi connectivity index (χ3n) is 5.45. The molecule has 7 nitrogen and oxygen atoms in total. The molecule has 3 rings (SSSR count). The monoisotopic (exact) mass is 525 g/mol. The molecule has 1 aromatic carbocycles. The molecule has 2 aromatic rings. The molecular formula is C22H36IN7. The van der Waals surface area contributed by atoms with Crippen LogP contribution in [0.3, 0.4) is 0 Å². The first-order valence-corrected chi connectivity index (χ1v) is 10.6. The molecule has 30 heavy (non-hydrogen) atoms. The van der Waals surface area contributed by atoms with Gasteiger partial charge in [-0.3, -0.25) is 4.99 Å². The molecule has 2 N–H and O–H groups in total. The Bertz CT molecular complexity index is 754. The zero-order chi connectivity index (χ0) is 20.5. The zero-order valence-electron chi connectivity index (χ0n) is 18.5. The zero-order valence-corrected chi connectivity index (χ0v) is 20.8. The molecule has 1 saturated heterocycles. The standard InChI is InChI=1S/C22H35N7.HI/c1-23-22(24-11-7-8-12-29-15-13-27(2)14-16-29)28(3)18-21-25-17-20(26-21)19-9-5-4-6-10-19;/h4-6,9-10,17H,7-8,11-16,18H2,1-3H3,(H,23,24)(H,25,26);1H. The second-order valence-electron chi connectivity index (χ2n) is 7.79. The van der Waals surface area contributed by atoms with Crippen LogP contribution in [0, 0.1) is 0 Å². The Labute approximate surface area is 198 Å². The number of rotatable bonds is 8. The molecule has 0 atom stereocenters. The fourth-order valence-corrected chi connectivity index (χ4v) is 3.62. The summed E-state index contributed by atoms with van der Waals surface area (Å²) >= 11 is 0. The number of aromatic nitrogens is 2. The first-order chi connectivity index (χ1) is 14.2. The Morgan fingerprint density at radius 3 is 2.60 bits per heavy atom. The molecule has 0 unspecified atom stereocenters. The van der Waals surface area contributed by atoms with Gasteiger partial charge in [-0.15, -0.1) is 24.0 Å². The van der Waals surface area contributed by atoms with E-state index in [4.69, 9.17) is 0 Å². The summed E-state index contributed by atoms with van der Waals surface area (Å²) in [6.45, 7) is 7.60. The number of halogens is 1. The topological polar surface area (TPSA) is 62.8 Å². The highest BCUT2D eigenvalue weighted by molar-refractivity contribution is 14.0. The number of unbranched alkanes of at least 4 members (excludes halogenated alkanes) is 1. The van der Waals surface area contributed by atoms with Gasteiger partial charge in [0.15, 0.2) is 5.96 Å². The highest BCUT2D eigenvalue weighted by Gasteiger charge is 2.13. The Balaban J connectivity index is 0.00000320. The molecule has 0 bridgehead atoms. The minimum Gasteiger partial charge on any atom is -0.356 e. The lowest BCUT2D eigenvalue weighted by Crippen LogP contribution is -2.44. The maximum absolute atomic E-state index is 4.53. The third kappa shape index (κ3) is 7.55. The maximum atomic E-state index is 4.53. The van der Waals surface area contributed by atoms with Crippen LogP contribution in [-0.2, 0) is 6.54 Å². The van der Waals surface area contributed by atoms with Gasteiger partial charge in [0.2, 0.25) is 0 Å². The summed E-state index contributed by atoms with van der Waals surface area (Å²) in [6.07, 6.45) is 4.27.